The lowest BCUT2D eigenvalue weighted by Crippen LogP contribution is -1.99. The maximum absolute atomic E-state index is 5.19. The third-order valence-corrected chi connectivity index (χ3v) is 0.976. The van der Waals surface area contributed by atoms with Gasteiger partial charge < -0.3 is 4.74 Å². The van der Waals surface area contributed by atoms with E-state index in [1.807, 2.05) is 6.92 Å². The van der Waals surface area contributed by atoms with Crippen LogP contribution in [0.2, 0.25) is 0 Å². The maximum Gasteiger partial charge on any atom is 0.217 e. The highest BCUT2D eigenvalue weighted by Gasteiger charge is 1.91. The summed E-state index contributed by atoms with van der Waals surface area (Å²) in [4.78, 5) is 7.39. The van der Waals surface area contributed by atoms with Gasteiger partial charge in [-0.3, -0.25) is 0 Å². The second kappa shape index (κ2) is 3.71. The van der Waals surface area contributed by atoms with Gasteiger partial charge in [0.25, 0.3) is 0 Å². The molecular weight excluding hydrogens is 140 g/mol. The number of hydrogen-bond acceptors (Lipinski definition) is 3. The Morgan fingerprint density at radius 1 is 1.82 bits per heavy atom. The van der Waals surface area contributed by atoms with Crippen molar-refractivity contribution in [3.05, 3.63) is 30.7 Å². The Bertz CT molecular complexity index is 233. The summed E-state index contributed by atoms with van der Waals surface area (Å²) in [6.45, 7) is 6.08. The molecule has 1 heterocycles. The van der Waals surface area contributed by atoms with Crippen LogP contribution in [-0.2, 0) is 0 Å². The first-order valence-corrected chi connectivity index (χ1v) is 3.25. The van der Waals surface area contributed by atoms with Crippen LogP contribution in [0.4, 0.5) is 0 Å². The molecule has 0 aromatic carbocycles. The lowest BCUT2D eigenvalue weighted by Gasteiger charge is -2.01. The summed E-state index contributed by atoms with van der Waals surface area (Å²) in [7, 11) is 0. The zero-order valence-electron chi connectivity index (χ0n) is 6.37. The highest BCUT2D eigenvalue weighted by Crippen LogP contribution is 2.02. The topological polar surface area (TPSA) is 35.0 Å². The van der Waals surface area contributed by atoms with E-state index in [9.17, 15) is 0 Å². The van der Waals surface area contributed by atoms with Crippen molar-refractivity contribution in [3.63, 3.8) is 0 Å². The van der Waals surface area contributed by atoms with Crippen molar-refractivity contribution in [3.8, 4) is 5.88 Å². The highest BCUT2D eigenvalue weighted by molar-refractivity contribution is 5.05. The third kappa shape index (κ3) is 2.80. The molecule has 0 aliphatic heterocycles. The number of aromatic nitrogens is 2. The molecule has 0 fully saturated rings. The summed E-state index contributed by atoms with van der Waals surface area (Å²) in [5.41, 5.74) is 0.962. The van der Waals surface area contributed by atoms with Crippen LogP contribution in [0, 0.1) is 6.33 Å². The molecule has 1 radical (unpaired) electrons. The first-order chi connectivity index (χ1) is 5.29. The maximum atomic E-state index is 5.19. The van der Waals surface area contributed by atoms with Crippen molar-refractivity contribution in [2.75, 3.05) is 6.61 Å². The molecule has 0 saturated heterocycles. The largest absolute Gasteiger partial charge is 0.473 e. The first-order valence-electron chi connectivity index (χ1n) is 3.25. The van der Waals surface area contributed by atoms with Crippen LogP contribution in [0.3, 0.4) is 0 Å². The van der Waals surface area contributed by atoms with Crippen molar-refractivity contribution < 1.29 is 4.74 Å². The zero-order chi connectivity index (χ0) is 8.10. The molecule has 1 aromatic heterocycles. The predicted octanol–water partition coefficient (Wildman–Crippen LogP) is 1.23. The van der Waals surface area contributed by atoms with Gasteiger partial charge in [-0.2, -0.15) is 4.98 Å². The Balaban J connectivity index is 2.45. The normalized spacial score (nSPS) is 9.18. The molecule has 11 heavy (non-hydrogen) atoms. The standard InChI is InChI=1S/C8H9N2O/c1-7(2)5-11-8-3-4-9-6-10-8/h3-4H,1,5H2,2H3. The van der Waals surface area contributed by atoms with Gasteiger partial charge in [0.2, 0.25) is 12.2 Å². The molecule has 0 N–H and O–H groups in total. The molecule has 3 nitrogen and oxygen atoms in total. The minimum Gasteiger partial charge on any atom is -0.473 e. The summed E-state index contributed by atoms with van der Waals surface area (Å²) in [5, 5.41) is 0. The van der Waals surface area contributed by atoms with Gasteiger partial charge in [-0.1, -0.05) is 6.58 Å². The van der Waals surface area contributed by atoms with E-state index < -0.39 is 0 Å². The molecular formula is C8H9N2O. The quantitative estimate of drug-likeness (QED) is 0.606. The van der Waals surface area contributed by atoms with Crippen molar-refractivity contribution in [2.24, 2.45) is 0 Å². The van der Waals surface area contributed by atoms with Crippen LogP contribution in [0.1, 0.15) is 6.92 Å². The van der Waals surface area contributed by atoms with E-state index in [4.69, 9.17) is 4.74 Å². The molecule has 0 amide bonds. The van der Waals surface area contributed by atoms with Crippen LogP contribution in [0.15, 0.2) is 24.4 Å². The highest BCUT2D eigenvalue weighted by atomic mass is 16.5. The fourth-order valence-electron chi connectivity index (χ4n) is 0.527. The van der Waals surface area contributed by atoms with Gasteiger partial charge in [0.1, 0.15) is 6.61 Å². The van der Waals surface area contributed by atoms with Crippen LogP contribution in [0.25, 0.3) is 0 Å². The molecule has 0 unspecified atom stereocenters. The van der Waals surface area contributed by atoms with Crippen molar-refractivity contribution in [1.29, 1.82) is 0 Å². The van der Waals surface area contributed by atoms with Gasteiger partial charge in [-0.15, -0.1) is 0 Å². The number of rotatable bonds is 3. The number of ether oxygens (including phenoxy) is 1. The average Bonchev–Trinajstić information content (AvgIpc) is 2.03. The van der Waals surface area contributed by atoms with Crippen molar-refractivity contribution in [2.45, 2.75) is 6.92 Å². The molecule has 0 bridgehead atoms. The smallest absolute Gasteiger partial charge is 0.217 e. The van der Waals surface area contributed by atoms with Gasteiger partial charge in [0.15, 0.2) is 0 Å². The van der Waals surface area contributed by atoms with Gasteiger partial charge in [0.05, 0.1) is 0 Å². The van der Waals surface area contributed by atoms with Crippen LogP contribution >= 0.6 is 0 Å². The molecule has 1 aromatic rings. The fraction of sp³-hybridized carbons (Fsp3) is 0.250. The summed E-state index contributed by atoms with van der Waals surface area (Å²) in [5.74, 6) is 0.531. The molecule has 0 saturated carbocycles. The molecule has 0 spiro atoms. The SMILES string of the molecule is C=C(C)COc1ccn[c]n1. The van der Waals surface area contributed by atoms with Crippen LogP contribution < -0.4 is 4.74 Å². The minimum atomic E-state index is 0.491. The third-order valence-electron chi connectivity index (χ3n) is 0.976. The van der Waals surface area contributed by atoms with Crippen molar-refractivity contribution >= 4 is 0 Å². The Kier molecular flexibility index (Phi) is 2.60. The van der Waals surface area contributed by atoms with E-state index >= 15 is 0 Å². The molecule has 1 rings (SSSR count). The van der Waals surface area contributed by atoms with E-state index in [0.29, 0.717) is 12.5 Å². The first kappa shape index (κ1) is 7.72. The summed E-state index contributed by atoms with van der Waals surface area (Å²) >= 11 is 0. The van der Waals surface area contributed by atoms with Crippen molar-refractivity contribution in [1.82, 2.24) is 9.97 Å². The van der Waals surface area contributed by atoms with E-state index in [2.05, 4.69) is 22.9 Å². The Hall–Kier alpha value is -1.38. The van der Waals surface area contributed by atoms with Gasteiger partial charge in [-0.25, -0.2) is 4.98 Å². The van der Waals surface area contributed by atoms with Crippen LogP contribution in [0.5, 0.6) is 5.88 Å². The lowest BCUT2D eigenvalue weighted by atomic mass is 10.4. The van der Waals surface area contributed by atoms with E-state index in [0.717, 1.165) is 5.57 Å². The Morgan fingerprint density at radius 2 is 2.64 bits per heavy atom. The van der Waals surface area contributed by atoms with Gasteiger partial charge in [0, 0.05) is 12.3 Å². The lowest BCUT2D eigenvalue weighted by molar-refractivity contribution is 0.337. The molecule has 0 aliphatic rings. The average molecular weight is 149 g/mol. The van der Waals surface area contributed by atoms with Gasteiger partial charge in [-0.05, 0) is 12.5 Å². The predicted molar refractivity (Wildman–Crippen MR) is 41.2 cm³/mol. The molecule has 57 valence electrons. The number of nitrogens with zero attached hydrogens (tertiary/aromatic N) is 2. The molecule has 0 atom stereocenters. The summed E-state index contributed by atoms with van der Waals surface area (Å²) in [6, 6.07) is 1.68. The second-order valence-corrected chi connectivity index (χ2v) is 2.24. The zero-order valence-corrected chi connectivity index (χ0v) is 6.37. The summed E-state index contributed by atoms with van der Waals surface area (Å²) < 4.78 is 5.19. The van der Waals surface area contributed by atoms with Crippen LogP contribution in [-0.4, -0.2) is 16.6 Å². The number of hydrogen-bond donors (Lipinski definition) is 0. The van der Waals surface area contributed by atoms with E-state index in [1.54, 1.807) is 12.3 Å². The molecule has 3 heteroatoms. The monoisotopic (exact) mass is 149 g/mol. The Labute approximate surface area is 65.8 Å². The fourth-order valence-corrected chi connectivity index (χ4v) is 0.527. The van der Waals surface area contributed by atoms with Gasteiger partial charge >= 0.3 is 0 Å². The van der Waals surface area contributed by atoms with E-state index in [-0.39, 0.29) is 0 Å². The Morgan fingerprint density at radius 3 is 3.18 bits per heavy atom. The molecule has 0 aliphatic carbocycles. The summed E-state index contributed by atoms with van der Waals surface area (Å²) in [6.07, 6.45) is 4.01. The second-order valence-electron chi connectivity index (χ2n) is 2.24. The minimum absolute atomic E-state index is 0.491. The van der Waals surface area contributed by atoms with E-state index in [1.165, 1.54) is 0 Å².